The minimum absolute atomic E-state index is 0.283. The van der Waals surface area contributed by atoms with Crippen molar-refractivity contribution in [1.29, 1.82) is 0 Å². The van der Waals surface area contributed by atoms with Gasteiger partial charge in [-0.25, -0.2) is 9.97 Å². The summed E-state index contributed by atoms with van der Waals surface area (Å²) in [5.41, 5.74) is 1.88. The number of hydrogen-bond donors (Lipinski definition) is 2. The zero-order valence-electron chi connectivity index (χ0n) is 14.6. The number of amides is 1. The summed E-state index contributed by atoms with van der Waals surface area (Å²) < 4.78 is 5.21. The number of nitrogens with one attached hydrogen (secondary N) is 2. The van der Waals surface area contributed by atoms with Crippen molar-refractivity contribution in [1.82, 2.24) is 20.3 Å². The summed E-state index contributed by atoms with van der Waals surface area (Å²) in [5.74, 6) is 1.48. The van der Waals surface area contributed by atoms with Crippen LogP contribution in [0, 0.1) is 6.92 Å². The molecule has 2 aromatic heterocycles. The lowest BCUT2D eigenvalue weighted by molar-refractivity contribution is 0.0945. The third kappa shape index (κ3) is 4.54. The Morgan fingerprint density at radius 3 is 2.77 bits per heavy atom. The smallest absolute Gasteiger partial charge is 0.270 e. The third-order valence-corrected chi connectivity index (χ3v) is 3.57. The minimum Gasteiger partial charge on any atom is -0.497 e. The molecule has 2 N–H and O–H groups in total. The van der Waals surface area contributed by atoms with Crippen LogP contribution in [0.25, 0.3) is 0 Å². The number of nitrogens with zero attached hydrogens (tertiary/aromatic N) is 3. The van der Waals surface area contributed by atoms with Gasteiger partial charge in [-0.1, -0.05) is 12.1 Å². The van der Waals surface area contributed by atoms with Crippen LogP contribution in [0.15, 0.2) is 54.7 Å². The molecule has 0 aliphatic rings. The molecule has 0 bridgehead atoms. The highest BCUT2D eigenvalue weighted by molar-refractivity contribution is 5.93. The topological polar surface area (TPSA) is 89.0 Å². The molecule has 0 spiro atoms. The van der Waals surface area contributed by atoms with Gasteiger partial charge in [0.2, 0.25) is 0 Å². The van der Waals surface area contributed by atoms with Crippen LogP contribution in [0.3, 0.4) is 0 Å². The van der Waals surface area contributed by atoms with Gasteiger partial charge in [0.25, 0.3) is 5.91 Å². The van der Waals surface area contributed by atoms with Crippen LogP contribution in [0.1, 0.15) is 22.0 Å². The molecule has 7 heteroatoms. The first-order valence-electron chi connectivity index (χ1n) is 8.09. The highest BCUT2D eigenvalue weighted by Crippen LogP contribution is 2.20. The second-order valence-electron chi connectivity index (χ2n) is 5.55. The van der Waals surface area contributed by atoms with Gasteiger partial charge < -0.3 is 15.4 Å². The zero-order valence-corrected chi connectivity index (χ0v) is 14.6. The lowest BCUT2D eigenvalue weighted by Crippen LogP contribution is -2.24. The molecule has 3 rings (SSSR count). The first-order valence-corrected chi connectivity index (χ1v) is 8.09. The van der Waals surface area contributed by atoms with Gasteiger partial charge in [-0.3, -0.25) is 9.78 Å². The summed E-state index contributed by atoms with van der Waals surface area (Å²) in [6, 6.07) is 14.6. The number of aryl methyl sites for hydroxylation is 1. The summed E-state index contributed by atoms with van der Waals surface area (Å²) in [5, 5.41) is 5.98. The normalized spacial score (nSPS) is 10.2. The third-order valence-electron chi connectivity index (χ3n) is 3.57. The fraction of sp³-hybridized carbons (Fsp3) is 0.158. The van der Waals surface area contributed by atoms with Crippen molar-refractivity contribution in [2.75, 3.05) is 12.4 Å². The molecular formula is C19H19N5O2. The molecule has 2 heterocycles. The Kier molecular flexibility index (Phi) is 5.38. The molecule has 0 atom stereocenters. The molecule has 132 valence electrons. The average Bonchev–Trinajstić information content (AvgIpc) is 2.66. The van der Waals surface area contributed by atoms with Crippen LogP contribution in [0.4, 0.5) is 11.5 Å². The molecular weight excluding hydrogens is 330 g/mol. The van der Waals surface area contributed by atoms with Crippen molar-refractivity contribution in [3.8, 4) is 5.75 Å². The molecule has 0 unspecified atom stereocenters. The van der Waals surface area contributed by atoms with E-state index >= 15 is 0 Å². The van der Waals surface area contributed by atoms with Crippen LogP contribution in [0.2, 0.25) is 0 Å². The number of aromatic nitrogens is 3. The quantitative estimate of drug-likeness (QED) is 0.711. The molecule has 0 radical (unpaired) electrons. The molecule has 1 amide bonds. The average molecular weight is 349 g/mol. The lowest BCUT2D eigenvalue weighted by Gasteiger charge is -2.10. The van der Waals surface area contributed by atoms with Crippen molar-refractivity contribution < 1.29 is 9.53 Å². The Labute approximate surface area is 151 Å². The van der Waals surface area contributed by atoms with E-state index in [2.05, 4.69) is 25.6 Å². The Bertz CT molecular complexity index is 899. The van der Waals surface area contributed by atoms with Gasteiger partial charge in [-0.15, -0.1) is 0 Å². The Hall–Kier alpha value is -3.48. The van der Waals surface area contributed by atoms with Crippen LogP contribution in [-0.2, 0) is 6.54 Å². The van der Waals surface area contributed by atoms with E-state index in [1.54, 1.807) is 26.3 Å². The number of anilines is 2. The maximum absolute atomic E-state index is 12.4. The van der Waals surface area contributed by atoms with E-state index < -0.39 is 0 Å². The fourth-order valence-electron chi connectivity index (χ4n) is 2.36. The monoisotopic (exact) mass is 349 g/mol. The van der Waals surface area contributed by atoms with Crippen molar-refractivity contribution in [2.45, 2.75) is 13.5 Å². The summed E-state index contributed by atoms with van der Waals surface area (Å²) >= 11 is 0. The van der Waals surface area contributed by atoms with Gasteiger partial charge in [-0.05, 0) is 31.2 Å². The number of pyridine rings is 1. The first kappa shape index (κ1) is 17.3. The van der Waals surface area contributed by atoms with Crippen molar-refractivity contribution >= 4 is 17.4 Å². The molecule has 0 aliphatic heterocycles. The molecule has 0 fully saturated rings. The summed E-state index contributed by atoms with van der Waals surface area (Å²) in [6.07, 6.45) is 1.69. The predicted octanol–water partition coefficient (Wildman–Crippen LogP) is 2.86. The second-order valence-corrected chi connectivity index (χ2v) is 5.55. The number of methoxy groups -OCH3 is 1. The summed E-state index contributed by atoms with van der Waals surface area (Å²) in [7, 11) is 1.61. The highest BCUT2D eigenvalue weighted by Gasteiger charge is 2.11. The lowest BCUT2D eigenvalue weighted by atomic mass is 10.3. The molecule has 3 aromatic rings. The largest absolute Gasteiger partial charge is 0.497 e. The summed E-state index contributed by atoms with van der Waals surface area (Å²) in [6.45, 7) is 2.08. The van der Waals surface area contributed by atoms with Crippen molar-refractivity contribution in [3.05, 3.63) is 71.9 Å². The zero-order chi connectivity index (χ0) is 18.4. The van der Waals surface area contributed by atoms with Crippen LogP contribution in [0.5, 0.6) is 5.75 Å². The Morgan fingerprint density at radius 1 is 1.12 bits per heavy atom. The fourth-order valence-corrected chi connectivity index (χ4v) is 2.36. The standard InChI is InChI=1S/C19H19N5O2/c1-13-22-17(19(25)21-12-15-6-3-4-9-20-15)11-18(23-13)24-14-7-5-8-16(10-14)26-2/h3-11H,12H2,1-2H3,(H,21,25)(H,22,23,24). The highest BCUT2D eigenvalue weighted by atomic mass is 16.5. The number of benzene rings is 1. The van der Waals surface area contributed by atoms with Crippen molar-refractivity contribution in [3.63, 3.8) is 0 Å². The van der Waals surface area contributed by atoms with Gasteiger partial charge >= 0.3 is 0 Å². The van der Waals surface area contributed by atoms with Gasteiger partial charge in [0, 0.05) is 24.0 Å². The van der Waals surface area contributed by atoms with E-state index in [4.69, 9.17) is 4.74 Å². The second kappa shape index (κ2) is 8.06. The predicted molar refractivity (Wildman–Crippen MR) is 98.5 cm³/mol. The molecule has 0 aliphatic carbocycles. The molecule has 7 nitrogen and oxygen atoms in total. The number of rotatable bonds is 6. The van der Waals surface area contributed by atoms with E-state index in [0.29, 0.717) is 23.9 Å². The minimum atomic E-state index is -0.283. The first-order chi connectivity index (χ1) is 12.6. The van der Waals surface area contributed by atoms with Crippen LogP contribution < -0.4 is 15.4 Å². The van der Waals surface area contributed by atoms with Gasteiger partial charge in [0.15, 0.2) is 0 Å². The molecule has 0 saturated carbocycles. The van der Waals surface area contributed by atoms with E-state index in [0.717, 1.165) is 17.1 Å². The number of hydrogen-bond acceptors (Lipinski definition) is 6. The maximum Gasteiger partial charge on any atom is 0.270 e. The summed E-state index contributed by atoms with van der Waals surface area (Å²) in [4.78, 5) is 25.1. The number of carbonyl (C=O) groups is 1. The van der Waals surface area contributed by atoms with E-state index in [-0.39, 0.29) is 5.91 Å². The van der Waals surface area contributed by atoms with Gasteiger partial charge in [0.1, 0.15) is 23.1 Å². The molecule has 1 aromatic carbocycles. The van der Waals surface area contributed by atoms with Crippen LogP contribution >= 0.6 is 0 Å². The van der Waals surface area contributed by atoms with Crippen LogP contribution in [-0.4, -0.2) is 28.0 Å². The molecule has 0 saturated heterocycles. The Morgan fingerprint density at radius 2 is 2.00 bits per heavy atom. The number of ether oxygens (including phenoxy) is 1. The van der Waals surface area contributed by atoms with E-state index in [1.165, 1.54) is 0 Å². The van der Waals surface area contributed by atoms with Gasteiger partial charge in [-0.2, -0.15) is 0 Å². The SMILES string of the molecule is COc1cccc(Nc2cc(C(=O)NCc3ccccn3)nc(C)n2)c1. The van der Waals surface area contributed by atoms with E-state index in [9.17, 15) is 4.79 Å². The molecule has 26 heavy (non-hydrogen) atoms. The Balaban J connectivity index is 1.73. The van der Waals surface area contributed by atoms with Gasteiger partial charge in [0.05, 0.1) is 19.3 Å². The van der Waals surface area contributed by atoms with E-state index in [1.807, 2.05) is 42.5 Å². The van der Waals surface area contributed by atoms with Crippen molar-refractivity contribution in [2.24, 2.45) is 0 Å². The maximum atomic E-state index is 12.4. The number of carbonyl (C=O) groups excluding carboxylic acids is 1.